The molecule has 0 radical (unpaired) electrons. The van der Waals surface area contributed by atoms with Gasteiger partial charge in [-0.2, -0.15) is 5.10 Å². The molecule has 1 aromatic heterocycles. The van der Waals surface area contributed by atoms with Crippen molar-refractivity contribution in [2.24, 2.45) is 7.05 Å². The first-order valence-electron chi connectivity index (χ1n) is 4.65. The van der Waals surface area contributed by atoms with Crippen molar-refractivity contribution < 1.29 is 0 Å². The highest BCUT2D eigenvalue weighted by molar-refractivity contribution is 9.09. The largest absolute Gasteiger partial charge is 0.272 e. The van der Waals surface area contributed by atoms with Gasteiger partial charge in [-0.15, -0.1) is 0 Å². The van der Waals surface area contributed by atoms with Crippen LogP contribution >= 0.6 is 15.9 Å². The molecule has 0 saturated heterocycles. The van der Waals surface area contributed by atoms with Gasteiger partial charge in [0.05, 0.1) is 6.20 Å². The first-order chi connectivity index (χ1) is 6.02. The fraction of sp³-hybridized carbons (Fsp3) is 0.700. The van der Waals surface area contributed by atoms with Crippen molar-refractivity contribution in [3.8, 4) is 0 Å². The third-order valence-electron chi connectivity index (χ3n) is 2.32. The van der Waals surface area contributed by atoms with Gasteiger partial charge in [-0.1, -0.05) is 29.8 Å². The van der Waals surface area contributed by atoms with Crippen molar-refractivity contribution in [1.82, 2.24) is 9.78 Å². The van der Waals surface area contributed by atoms with Gasteiger partial charge in [0.2, 0.25) is 0 Å². The van der Waals surface area contributed by atoms with Gasteiger partial charge in [-0.25, -0.2) is 0 Å². The molecular weight excluding hydrogens is 228 g/mol. The summed E-state index contributed by atoms with van der Waals surface area (Å²) in [5.74, 6) is 0.571. The van der Waals surface area contributed by atoms with Crippen molar-refractivity contribution in [2.75, 3.05) is 0 Å². The van der Waals surface area contributed by atoms with Crippen molar-refractivity contribution in [1.29, 1.82) is 0 Å². The summed E-state index contributed by atoms with van der Waals surface area (Å²) in [5, 5.41) is 4.25. The molecule has 0 spiro atoms. The van der Waals surface area contributed by atoms with Crippen LogP contribution in [0.3, 0.4) is 0 Å². The Morgan fingerprint density at radius 3 is 2.54 bits per heavy atom. The maximum atomic E-state index is 4.25. The fourth-order valence-corrected chi connectivity index (χ4v) is 2.42. The van der Waals surface area contributed by atoms with Crippen LogP contribution in [0.2, 0.25) is 0 Å². The number of rotatable bonds is 3. The maximum Gasteiger partial charge on any atom is 0.0521 e. The third-order valence-corrected chi connectivity index (χ3v) is 2.70. The lowest BCUT2D eigenvalue weighted by Gasteiger charge is -2.14. The maximum absolute atomic E-state index is 4.25. The molecular formula is C10H17BrN2. The summed E-state index contributed by atoms with van der Waals surface area (Å²) in [4.78, 5) is 0.566. The average molecular weight is 245 g/mol. The fourth-order valence-electron chi connectivity index (χ4n) is 1.86. The Balaban J connectivity index is 2.81. The van der Waals surface area contributed by atoms with Crippen molar-refractivity contribution in [3.63, 3.8) is 0 Å². The molecule has 0 saturated carbocycles. The zero-order valence-electron chi connectivity index (χ0n) is 8.71. The van der Waals surface area contributed by atoms with Gasteiger partial charge in [0.15, 0.2) is 0 Å². The zero-order chi connectivity index (χ0) is 10.0. The summed E-state index contributed by atoms with van der Waals surface area (Å²) in [6, 6.07) is 0. The molecule has 3 heteroatoms. The lowest BCUT2D eigenvalue weighted by Crippen LogP contribution is -2.07. The first kappa shape index (κ1) is 10.8. The molecule has 0 amide bonds. The lowest BCUT2D eigenvalue weighted by molar-refractivity contribution is 0.600. The molecule has 0 aromatic carbocycles. The smallest absolute Gasteiger partial charge is 0.0521 e. The molecule has 0 fully saturated rings. The normalized spacial score (nSPS) is 15.8. The molecule has 2 unspecified atom stereocenters. The van der Waals surface area contributed by atoms with Gasteiger partial charge in [0, 0.05) is 17.6 Å². The first-order valence-corrected chi connectivity index (χ1v) is 5.56. The predicted molar refractivity (Wildman–Crippen MR) is 59.4 cm³/mol. The molecule has 0 aliphatic heterocycles. The Morgan fingerprint density at radius 2 is 2.15 bits per heavy atom. The second-order valence-electron chi connectivity index (χ2n) is 3.75. The van der Waals surface area contributed by atoms with E-state index in [1.165, 1.54) is 11.3 Å². The number of aromatic nitrogens is 2. The van der Waals surface area contributed by atoms with Gasteiger partial charge < -0.3 is 0 Å². The minimum absolute atomic E-state index is 0.566. The van der Waals surface area contributed by atoms with E-state index in [1.807, 2.05) is 17.9 Å². The molecule has 0 aliphatic rings. The van der Waals surface area contributed by atoms with Crippen LogP contribution in [0.25, 0.3) is 0 Å². The van der Waals surface area contributed by atoms with E-state index < -0.39 is 0 Å². The second-order valence-corrected chi connectivity index (χ2v) is 5.32. The van der Waals surface area contributed by atoms with E-state index in [-0.39, 0.29) is 0 Å². The topological polar surface area (TPSA) is 17.8 Å². The van der Waals surface area contributed by atoms with Gasteiger partial charge >= 0.3 is 0 Å². The van der Waals surface area contributed by atoms with Crippen LogP contribution in [-0.2, 0) is 7.05 Å². The number of alkyl halides is 1. The van der Waals surface area contributed by atoms with E-state index >= 15 is 0 Å². The predicted octanol–water partition coefficient (Wildman–Crippen LogP) is 3.01. The van der Waals surface area contributed by atoms with Crippen LogP contribution in [0, 0.1) is 6.92 Å². The van der Waals surface area contributed by atoms with E-state index in [0.717, 1.165) is 6.42 Å². The summed E-state index contributed by atoms with van der Waals surface area (Å²) < 4.78 is 1.98. The van der Waals surface area contributed by atoms with Gasteiger partial charge in [-0.3, -0.25) is 4.68 Å². The quantitative estimate of drug-likeness (QED) is 0.748. The summed E-state index contributed by atoms with van der Waals surface area (Å²) in [6.45, 7) is 6.56. The monoisotopic (exact) mass is 244 g/mol. The second kappa shape index (κ2) is 4.27. The Hall–Kier alpha value is -0.310. The lowest BCUT2D eigenvalue weighted by atomic mass is 9.99. The molecule has 1 aromatic rings. The number of nitrogens with zero attached hydrogens (tertiary/aromatic N) is 2. The summed E-state index contributed by atoms with van der Waals surface area (Å²) in [6.07, 6.45) is 3.09. The van der Waals surface area contributed by atoms with Crippen LogP contribution in [0.4, 0.5) is 0 Å². The number of hydrogen-bond donors (Lipinski definition) is 0. The van der Waals surface area contributed by atoms with E-state index in [9.17, 15) is 0 Å². The van der Waals surface area contributed by atoms with Crippen LogP contribution < -0.4 is 0 Å². The van der Waals surface area contributed by atoms with E-state index in [1.54, 1.807) is 0 Å². The van der Waals surface area contributed by atoms with Crippen LogP contribution in [0.1, 0.15) is 37.4 Å². The van der Waals surface area contributed by atoms with Crippen molar-refractivity contribution in [2.45, 2.75) is 37.9 Å². The van der Waals surface area contributed by atoms with Gasteiger partial charge in [-0.05, 0) is 24.8 Å². The number of halogens is 1. The van der Waals surface area contributed by atoms with E-state index in [2.05, 4.69) is 41.8 Å². The van der Waals surface area contributed by atoms with Crippen LogP contribution in [0.15, 0.2) is 6.20 Å². The van der Waals surface area contributed by atoms with Gasteiger partial charge in [0.25, 0.3) is 0 Å². The molecule has 0 N–H and O–H groups in total. The van der Waals surface area contributed by atoms with Gasteiger partial charge in [0.1, 0.15) is 0 Å². The molecule has 0 bridgehead atoms. The van der Waals surface area contributed by atoms with E-state index in [4.69, 9.17) is 0 Å². The Bertz CT molecular complexity index is 259. The van der Waals surface area contributed by atoms with Crippen molar-refractivity contribution >= 4 is 15.9 Å². The highest BCUT2D eigenvalue weighted by atomic mass is 79.9. The Morgan fingerprint density at radius 1 is 1.54 bits per heavy atom. The Kier molecular flexibility index (Phi) is 3.54. The molecule has 13 heavy (non-hydrogen) atoms. The molecule has 1 rings (SSSR count). The summed E-state index contributed by atoms with van der Waals surface area (Å²) in [7, 11) is 2.01. The highest BCUT2D eigenvalue weighted by Crippen LogP contribution is 2.25. The van der Waals surface area contributed by atoms with Crippen LogP contribution in [-0.4, -0.2) is 14.6 Å². The summed E-state index contributed by atoms with van der Waals surface area (Å²) >= 11 is 3.58. The third kappa shape index (κ3) is 2.56. The molecule has 2 nitrogen and oxygen atoms in total. The minimum atomic E-state index is 0.566. The molecule has 74 valence electrons. The average Bonchev–Trinajstić information content (AvgIpc) is 2.29. The summed E-state index contributed by atoms with van der Waals surface area (Å²) in [5.41, 5.74) is 2.65. The SMILES string of the molecule is Cc1cnn(C)c1C(C)CC(C)Br. The number of hydrogen-bond acceptors (Lipinski definition) is 1. The number of aryl methyl sites for hydroxylation is 2. The standard InChI is InChI=1S/C10H17BrN2/c1-7(5-9(3)11)10-8(2)6-12-13(10)4/h6-7,9H,5H2,1-4H3. The van der Waals surface area contributed by atoms with E-state index in [0.29, 0.717) is 10.7 Å². The Labute approximate surface area is 88.5 Å². The van der Waals surface area contributed by atoms with Crippen molar-refractivity contribution in [3.05, 3.63) is 17.5 Å². The molecule has 1 heterocycles. The van der Waals surface area contributed by atoms with Crippen LogP contribution in [0.5, 0.6) is 0 Å². The molecule has 2 atom stereocenters. The highest BCUT2D eigenvalue weighted by Gasteiger charge is 2.14. The minimum Gasteiger partial charge on any atom is -0.272 e. The zero-order valence-corrected chi connectivity index (χ0v) is 10.3. The molecule has 0 aliphatic carbocycles.